The van der Waals surface area contributed by atoms with E-state index in [1.165, 1.54) is 154 Å². The number of aliphatic hydroxyl groups excluding tert-OH is 11. The fourth-order valence-corrected chi connectivity index (χ4v) is 11.1. The smallest absolute Gasteiger partial charge is 0.220 e. The van der Waals surface area contributed by atoms with Crippen LogP contribution < -0.4 is 5.32 Å². The van der Waals surface area contributed by atoms with Gasteiger partial charge in [0.05, 0.1) is 38.6 Å². The van der Waals surface area contributed by atoms with Gasteiger partial charge >= 0.3 is 0 Å². The molecule has 0 aliphatic carbocycles. The van der Waals surface area contributed by atoms with E-state index in [0.29, 0.717) is 12.8 Å². The van der Waals surface area contributed by atoms with Gasteiger partial charge in [0.15, 0.2) is 18.9 Å². The maximum absolute atomic E-state index is 13.4. The predicted molar refractivity (Wildman–Crippen MR) is 305 cm³/mol. The molecule has 3 fully saturated rings. The highest BCUT2D eigenvalue weighted by Crippen LogP contribution is 2.33. The molecular formula is C61H115NO18. The molecule has 0 aromatic rings. The van der Waals surface area contributed by atoms with Crippen LogP contribution in [0.3, 0.4) is 0 Å². The van der Waals surface area contributed by atoms with Crippen molar-refractivity contribution in [1.82, 2.24) is 5.32 Å². The summed E-state index contributed by atoms with van der Waals surface area (Å²) in [6.07, 6.45) is 18.6. The van der Waals surface area contributed by atoms with Crippen molar-refractivity contribution < 1.29 is 89.4 Å². The van der Waals surface area contributed by atoms with Crippen molar-refractivity contribution in [1.29, 1.82) is 0 Å². The van der Waals surface area contributed by atoms with Gasteiger partial charge in [-0.1, -0.05) is 206 Å². The van der Waals surface area contributed by atoms with Crippen LogP contribution >= 0.6 is 0 Å². The number of hydrogen-bond acceptors (Lipinski definition) is 18. The van der Waals surface area contributed by atoms with Crippen LogP contribution in [0.15, 0.2) is 12.2 Å². The Morgan fingerprint density at radius 1 is 0.438 bits per heavy atom. The average molecular weight is 1150 g/mol. The second-order valence-corrected chi connectivity index (χ2v) is 23.2. The van der Waals surface area contributed by atoms with Gasteiger partial charge in [0.1, 0.15) is 73.2 Å². The first kappa shape index (κ1) is 72.8. The molecule has 1 amide bonds. The molecule has 3 saturated heterocycles. The van der Waals surface area contributed by atoms with Gasteiger partial charge in [-0.25, -0.2) is 0 Å². The van der Waals surface area contributed by atoms with Crippen LogP contribution in [-0.2, 0) is 33.2 Å². The van der Waals surface area contributed by atoms with E-state index >= 15 is 0 Å². The van der Waals surface area contributed by atoms with E-state index in [9.17, 15) is 61.0 Å². The molecule has 3 aliphatic heterocycles. The predicted octanol–water partition coefficient (Wildman–Crippen LogP) is 6.55. The van der Waals surface area contributed by atoms with E-state index in [4.69, 9.17) is 28.4 Å². The molecule has 19 heteroatoms. The number of aliphatic hydroxyl groups is 11. The topological polar surface area (TPSA) is 307 Å². The van der Waals surface area contributed by atoms with E-state index in [2.05, 4.69) is 31.3 Å². The van der Waals surface area contributed by atoms with Crippen LogP contribution in [0.5, 0.6) is 0 Å². The van der Waals surface area contributed by atoms with Crippen molar-refractivity contribution >= 4 is 5.91 Å². The second-order valence-electron chi connectivity index (χ2n) is 23.2. The highest BCUT2D eigenvalue weighted by Gasteiger charge is 2.53. The highest BCUT2D eigenvalue weighted by atomic mass is 16.8. The maximum Gasteiger partial charge on any atom is 0.220 e. The Labute approximate surface area is 480 Å². The Balaban J connectivity index is 1.46. The monoisotopic (exact) mass is 1150 g/mol. The summed E-state index contributed by atoms with van der Waals surface area (Å²) in [5.41, 5.74) is 0. The summed E-state index contributed by atoms with van der Waals surface area (Å²) in [4.78, 5) is 13.4. The summed E-state index contributed by atoms with van der Waals surface area (Å²) < 4.78 is 34.3. The number of allylic oxidation sites excluding steroid dienone is 2. The summed E-state index contributed by atoms with van der Waals surface area (Å²) in [7, 11) is 0. The molecular weight excluding hydrogens is 1030 g/mol. The lowest BCUT2D eigenvalue weighted by molar-refractivity contribution is -0.379. The maximum atomic E-state index is 13.4. The Morgan fingerprint density at radius 3 is 1.21 bits per heavy atom. The first-order chi connectivity index (χ1) is 38.8. The lowest BCUT2D eigenvalue weighted by Crippen LogP contribution is -2.66. The van der Waals surface area contributed by atoms with E-state index in [0.717, 1.165) is 51.4 Å². The van der Waals surface area contributed by atoms with Gasteiger partial charge in [-0.2, -0.15) is 0 Å². The number of ether oxygens (including phenoxy) is 6. The summed E-state index contributed by atoms with van der Waals surface area (Å²) in [6.45, 7) is 1.80. The third-order valence-corrected chi connectivity index (χ3v) is 16.3. The van der Waals surface area contributed by atoms with E-state index < -0.39 is 124 Å². The van der Waals surface area contributed by atoms with Crippen LogP contribution in [0.2, 0.25) is 0 Å². The quantitative estimate of drug-likeness (QED) is 0.0227. The molecule has 3 heterocycles. The Hall–Kier alpha value is -1.47. The number of amides is 1. The third-order valence-electron chi connectivity index (χ3n) is 16.3. The van der Waals surface area contributed by atoms with Gasteiger partial charge in [-0.15, -0.1) is 0 Å². The highest BCUT2D eigenvalue weighted by molar-refractivity contribution is 5.76. The number of carbonyl (C=O) groups is 1. The van der Waals surface area contributed by atoms with Crippen LogP contribution in [0, 0.1) is 0 Å². The molecule has 12 N–H and O–H groups in total. The van der Waals surface area contributed by atoms with Gasteiger partial charge in [-0.05, 0) is 38.5 Å². The number of unbranched alkanes of at least 4 members (excludes halogenated alkanes) is 30. The van der Waals surface area contributed by atoms with Gasteiger partial charge in [0, 0.05) is 6.42 Å². The lowest BCUT2D eigenvalue weighted by Gasteiger charge is -2.48. The summed E-state index contributed by atoms with van der Waals surface area (Å²) in [5.74, 6) is -0.243. The normalized spacial score (nSPS) is 30.0. The first-order valence-electron chi connectivity index (χ1n) is 31.9. The lowest BCUT2D eigenvalue weighted by atomic mass is 9.96. The molecule has 3 rings (SSSR count). The van der Waals surface area contributed by atoms with Crippen LogP contribution in [0.4, 0.5) is 0 Å². The first-order valence-corrected chi connectivity index (χ1v) is 31.9. The van der Waals surface area contributed by atoms with Crippen molar-refractivity contribution in [3.63, 3.8) is 0 Å². The van der Waals surface area contributed by atoms with E-state index in [-0.39, 0.29) is 18.9 Å². The molecule has 17 atom stereocenters. The zero-order valence-electron chi connectivity index (χ0n) is 49.3. The molecule has 80 heavy (non-hydrogen) atoms. The summed E-state index contributed by atoms with van der Waals surface area (Å²) in [5, 5.41) is 120. The zero-order chi connectivity index (χ0) is 58.3. The molecule has 19 nitrogen and oxygen atoms in total. The van der Waals surface area contributed by atoms with Crippen LogP contribution in [0.25, 0.3) is 0 Å². The Morgan fingerprint density at radius 2 is 0.787 bits per heavy atom. The molecule has 17 unspecified atom stereocenters. The summed E-state index contributed by atoms with van der Waals surface area (Å²) >= 11 is 0. The Kier molecular flexibility index (Phi) is 40.9. The Bertz CT molecular complexity index is 1510. The summed E-state index contributed by atoms with van der Waals surface area (Å²) in [6, 6.07) is -0.884. The van der Waals surface area contributed by atoms with Crippen molar-refractivity contribution in [3.8, 4) is 0 Å². The molecule has 472 valence electrons. The average Bonchev–Trinajstić information content (AvgIpc) is 3.45. The number of hydrogen-bond donors (Lipinski definition) is 12. The molecule has 0 radical (unpaired) electrons. The number of nitrogens with one attached hydrogen (secondary N) is 1. The van der Waals surface area contributed by atoms with Crippen molar-refractivity contribution in [3.05, 3.63) is 12.2 Å². The van der Waals surface area contributed by atoms with Gasteiger partial charge < -0.3 is 89.9 Å². The fourth-order valence-electron chi connectivity index (χ4n) is 11.1. The molecule has 0 saturated carbocycles. The second kappa shape index (κ2) is 44.9. The van der Waals surface area contributed by atoms with Crippen LogP contribution in [0.1, 0.15) is 239 Å². The molecule has 0 spiro atoms. The minimum Gasteiger partial charge on any atom is -0.394 e. The van der Waals surface area contributed by atoms with Gasteiger partial charge in [-0.3, -0.25) is 4.79 Å². The third kappa shape index (κ3) is 28.2. The zero-order valence-corrected chi connectivity index (χ0v) is 49.3. The molecule has 0 bridgehead atoms. The van der Waals surface area contributed by atoms with Crippen molar-refractivity contribution in [2.75, 3.05) is 26.4 Å². The largest absolute Gasteiger partial charge is 0.394 e. The standard InChI is InChI=1S/C61H115NO18/c1-3-5-7-9-11-13-15-17-19-20-21-22-23-24-25-27-29-31-33-35-37-39-49(67)62-44(45(66)38-36-34-32-30-28-26-18-16-14-12-10-8-6-4-2)43-75-59-55(73)52(70)57(47(41-64)77-59)80-61-56(74)53(71)58(48(42-65)78-61)79-60-54(72)51(69)50(68)46(40-63)76-60/h20-21,44-48,50-61,63-66,68-74H,3-19,22-43H2,1-2H3,(H,62,67)/b21-20-. The van der Waals surface area contributed by atoms with Crippen molar-refractivity contribution in [2.45, 2.75) is 343 Å². The van der Waals surface area contributed by atoms with Crippen molar-refractivity contribution in [2.24, 2.45) is 0 Å². The SMILES string of the molecule is CCCCCCCCCC/C=C\CCCCCCCCCCCC(=O)NC(COC1OC(CO)C(OC2OC(CO)C(OC3OC(CO)C(O)C(O)C3O)C(O)C2O)C(O)C1O)C(O)CCCCCCCCCCCCCCCC. The van der Waals surface area contributed by atoms with Gasteiger partial charge in [0.2, 0.25) is 5.91 Å². The van der Waals surface area contributed by atoms with Crippen LogP contribution in [-0.4, -0.2) is 193 Å². The van der Waals surface area contributed by atoms with Gasteiger partial charge in [0.25, 0.3) is 0 Å². The van der Waals surface area contributed by atoms with E-state index in [1.807, 2.05) is 0 Å². The number of rotatable bonds is 48. The molecule has 0 aromatic heterocycles. The number of carbonyl (C=O) groups excluding carboxylic acids is 1. The fraction of sp³-hybridized carbons (Fsp3) is 0.951. The molecule has 0 aromatic carbocycles. The minimum absolute atomic E-state index is 0.243. The minimum atomic E-state index is -1.97. The van der Waals surface area contributed by atoms with E-state index in [1.54, 1.807) is 0 Å². The molecule has 3 aliphatic rings.